The van der Waals surface area contributed by atoms with E-state index in [1.807, 2.05) is 30.3 Å². The minimum atomic E-state index is -3.93. The first-order chi connectivity index (χ1) is 8.97. The molecule has 2 aromatic rings. The molecule has 5 nitrogen and oxygen atoms in total. The van der Waals surface area contributed by atoms with Crippen LogP contribution in [-0.2, 0) is 10.1 Å². The summed E-state index contributed by atoms with van der Waals surface area (Å²) in [6.45, 7) is 0.216. The van der Waals surface area contributed by atoms with Gasteiger partial charge in [-0.15, -0.1) is 0 Å². The van der Waals surface area contributed by atoms with Gasteiger partial charge in [-0.2, -0.15) is 8.42 Å². The second-order valence-electron chi connectivity index (χ2n) is 4.19. The summed E-state index contributed by atoms with van der Waals surface area (Å²) in [5.74, 6) is 0.347. The van der Waals surface area contributed by atoms with Gasteiger partial charge in [0.15, 0.2) is 0 Å². The van der Waals surface area contributed by atoms with Gasteiger partial charge in [-0.25, -0.2) is 0 Å². The van der Waals surface area contributed by atoms with E-state index < -0.39 is 10.1 Å². The Bertz CT molecular complexity index is 682. The van der Waals surface area contributed by atoms with E-state index in [1.165, 1.54) is 0 Å². The fourth-order valence-electron chi connectivity index (χ4n) is 1.85. The lowest BCUT2D eigenvalue weighted by Crippen LogP contribution is -2.08. The van der Waals surface area contributed by atoms with Crippen molar-refractivity contribution in [2.45, 2.75) is 6.42 Å². The van der Waals surface area contributed by atoms with Crippen molar-refractivity contribution in [3.63, 3.8) is 0 Å². The molecular formula is C13H15NO4S. The van der Waals surface area contributed by atoms with Crippen LogP contribution in [0.25, 0.3) is 10.8 Å². The molecule has 0 amide bonds. The molecule has 2 aromatic carbocycles. The largest absolute Gasteiger partial charge is 0.493 e. The van der Waals surface area contributed by atoms with Crippen LogP contribution in [-0.4, -0.2) is 25.3 Å². The minimum Gasteiger partial charge on any atom is -0.493 e. The third-order valence-electron chi connectivity index (χ3n) is 2.72. The molecule has 0 atom stereocenters. The number of hydrogen-bond acceptors (Lipinski definition) is 4. The van der Waals surface area contributed by atoms with Gasteiger partial charge < -0.3 is 10.5 Å². The van der Waals surface area contributed by atoms with Crippen molar-refractivity contribution in [1.29, 1.82) is 0 Å². The molecule has 0 aliphatic heterocycles. The van der Waals surface area contributed by atoms with Crippen LogP contribution < -0.4 is 10.5 Å². The Kier molecular flexibility index (Phi) is 3.92. The Labute approximate surface area is 111 Å². The van der Waals surface area contributed by atoms with Crippen molar-refractivity contribution in [3.05, 3.63) is 36.4 Å². The summed E-state index contributed by atoms with van der Waals surface area (Å²) in [6.07, 6.45) is 0.234. The number of hydrogen-bond donors (Lipinski definition) is 2. The number of nitrogen functional groups attached to an aromatic ring is 1. The molecule has 19 heavy (non-hydrogen) atoms. The van der Waals surface area contributed by atoms with Crippen molar-refractivity contribution in [2.24, 2.45) is 0 Å². The Hall–Kier alpha value is -1.79. The number of rotatable bonds is 5. The first-order valence-corrected chi connectivity index (χ1v) is 7.43. The standard InChI is InChI=1S/C13H15NO4S/c14-12-6-1-5-11-10(12)4-2-7-13(11)18-8-3-9-19(15,16)17/h1-2,4-7H,3,8-9,14H2,(H,15,16,17). The van der Waals surface area contributed by atoms with E-state index in [2.05, 4.69) is 0 Å². The normalized spacial score (nSPS) is 11.6. The van der Waals surface area contributed by atoms with E-state index in [1.54, 1.807) is 6.07 Å². The van der Waals surface area contributed by atoms with E-state index in [0.29, 0.717) is 11.4 Å². The van der Waals surface area contributed by atoms with E-state index in [9.17, 15) is 8.42 Å². The van der Waals surface area contributed by atoms with Crippen LogP contribution in [0.2, 0.25) is 0 Å². The number of fused-ring (bicyclic) bond motifs is 1. The summed E-state index contributed by atoms with van der Waals surface area (Å²) in [5, 5.41) is 1.78. The Morgan fingerprint density at radius 1 is 1.11 bits per heavy atom. The van der Waals surface area contributed by atoms with Crippen LogP contribution >= 0.6 is 0 Å². The summed E-state index contributed by atoms with van der Waals surface area (Å²) < 4.78 is 35.3. The summed E-state index contributed by atoms with van der Waals surface area (Å²) in [4.78, 5) is 0. The Morgan fingerprint density at radius 2 is 1.79 bits per heavy atom. The predicted molar refractivity (Wildman–Crippen MR) is 74.9 cm³/mol. The lowest BCUT2D eigenvalue weighted by molar-refractivity contribution is 0.320. The summed E-state index contributed by atoms with van der Waals surface area (Å²) >= 11 is 0. The van der Waals surface area contributed by atoms with Crippen molar-refractivity contribution in [3.8, 4) is 5.75 Å². The van der Waals surface area contributed by atoms with Gasteiger partial charge in [0.1, 0.15) is 5.75 Å². The molecule has 0 saturated carbocycles. The van der Waals surface area contributed by atoms with Gasteiger partial charge in [-0.05, 0) is 18.6 Å². The summed E-state index contributed by atoms with van der Waals surface area (Å²) in [6, 6.07) is 11.1. The molecule has 0 bridgehead atoms. The third-order valence-corrected chi connectivity index (χ3v) is 3.52. The molecular weight excluding hydrogens is 266 g/mol. The van der Waals surface area contributed by atoms with Crippen molar-refractivity contribution < 1.29 is 17.7 Å². The molecule has 0 aromatic heterocycles. The van der Waals surface area contributed by atoms with Gasteiger partial charge in [-0.3, -0.25) is 4.55 Å². The van der Waals surface area contributed by atoms with Gasteiger partial charge in [-0.1, -0.05) is 24.3 Å². The lowest BCUT2D eigenvalue weighted by Gasteiger charge is -2.10. The van der Waals surface area contributed by atoms with Gasteiger partial charge in [0.2, 0.25) is 0 Å². The van der Waals surface area contributed by atoms with Crippen LogP contribution in [0.3, 0.4) is 0 Å². The van der Waals surface area contributed by atoms with Crippen molar-refractivity contribution in [2.75, 3.05) is 18.1 Å². The SMILES string of the molecule is Nc1cccc2c(OCCCS(=O)(=O)O)cccc12. The third kappa shape index (κ3) is 3.59. The maximum atomic E-state index is 10.6. The molecule has 0 spiro atoms. The molecule has 0 unspecified atom stereocenters. The molecule has 0 radical (unpaired) electrons. The Morgan fingerprint density at radius 3 is 2.53 bits per heavy atom. The van der Waals surface area contributed by atoms with E-state index in [0.717, 1.165) is 10.8 Å². The molecule has 2 rings (SSSR count). The van der Waals surface area contributed by atoms with Crippen LogP contribution in [0.1, 0.15) is 6.42 Å². The minimum absolute atomic E-state index is 0.216. The quantitative estimate of drug-likeness (QED) is 0.497. The highest BCUT2D eigenvalue weighted by Gasteiger charge is 2.06. The lowest BCUT2D eigenvalue weighted by atomic mass is 10.1. The maximum absolute atomic E-state index is 10.6. The molecule has 0 aliphatic carbocycles. The monoisotopic (exact) mass is 281 g/mol. The van der Waals surface area contributed by atoms with E-state index in [4.69, 9.17) is 15.0 Å². The zero-order chi connectivity index (χ0) is 13.9. The number of benzene rings is 2. The highest BCUT2D eigenvalue weighted by atomic mass is 32.2. The molecule has 0 heterocycles. The Balaban J connectivity index is 2.11. The van der Waals surface area contributed by atoms with Gasteiger partial charge >= 0.3 is 0 Å². The van der Waals surface area contributed by atoms with Crippen molar-refractivity contribution >= 4 is 26.6 Å². The highest BCUT2D eigenvalue weighted by Crippen LogP contribution is 2.29. The van der Waals surface area contributed by atoms with Gasteiger partial charge in [0, 0.05) is 16.5 Å². The number of anilines is 1. The average Bonchev–Trinajstić information content (AvgIpc) is 2.34. The topological polar surface area (TPSA) is 89.6 Å². The second kappa shape index (κ2) is 5.46. The van der Waals surface area contributed by atoms with Crippen LogP contribution in [0.4, 0.5) is 5.69 Å². The molecule has 6 heteroatoms. The number of nitrogens with two attached hydrogens (primary N) is 1. The maximum Gasteiger partial charge on any atom is 0.264 e. The number of ether oxygens (including phenoxy) is 1. The van der Waals surface area contributed by atoms with Gasteiger partial charge in [0.25, 0.3) is 10.1 Å². The molecule has 0 fully saturated rings. The fraction of sp³-hybridized carbons (Fsp3) is 0.231. The molecule has 3 N–H and O–H groups in total. The first kappa shape index (κ1) is 13.6. The van der Waals surface area contributed by atoms with Crippen LogP contribution in [0.5, 0.6) is 5.75 Å². The van der Waals surface area contributed by atoms with Gasteiger partial charge in [0.05, 0.1) is 12.4 Å². The predicted octanol–water partition coefficient (Wildman–Crippen LogP) is 2.08. The van der Waals surface area contributed by atoms with Crippen molar-refractivity contribution in [1.82, 2.24) is 0 Å². The van der Waals surface area contributed by atoms with Crippen LogP contribution in [0, 0.1) is 0 Å². The van der Waals surface area contributed by atoms with E-state index in [-0.39, 0.29) is 18.8 Å². The molecule has 0 aliphatic rings. The zero-order valence-electron chi connectivity index (χ0n) is 10.2. The smallest absolute Gasteiger partial charge is 0.264 e. The summed E-state index contributed by atoms with van der Waals surface area (Å²) in [5.41, 5.74) is 6.54. The molecule has 0 saturated heterocycles. The van der Waals surface area contributed by atoms with E-state index >= 15 is 0 Å². The average molecular weight is 281 g/mol. The first-order valence-electron chi connectivity index (χ1n) is 5.82. The fourth-order valence-corrected chi connectivity index (χ4v) is 2.34. The van der Waals surface area contributed by atoms with Crippen LogP contribution in [0.15, 0.2) is 36.4 Å². The second-order valence-corrected chi connectivity index (χ2v) is 5.76. The zero-order valence-corrected chi connectivity index (χ0v) is 11.1. The molecule has 102 valence electrons. The summed E-state index contributed by atoms with van der Waals surface area (Å²) in [7, 11) is -3.93. The highest BCUT2D eigenvalue weighted by molar-refractivity contribution is 7.85.